The van der Waals surface area contributed by atoms with Crippen LogP contribution < -0.4 is 0 Å². The first-order chi connectivity index (χ1) is 6.97. The molecule has 1 rings (SSSR count). The van der Waals surface area contributed by atoms with Crippen LogP contribution in [-0.4, -0.2) is 23.3 Å². The van der Waals surface area contributed by atoms with Crippen LogP contribution in [-0.2, 0) is 9.53 Å². The fourth-order valence-corrected chi connectivity index (χ4v) is 3.07. The molecule has 0 saturated heterocycles. The van der Waals surface area contributed by atoms with E-state index in [-0.39, 0.29) is 15.7 Å². The Morgan fingerprint density at radius 1 is 1.47 bits per heavy atom. The molecule has 0 saturated carbocycles. The number of methoxy groups -OCH3 is 1. The molecule has 0 bridgehead atoms. The molecule has 82 valence electrons. The smallest absolute Gasteiger partial charge is 0.351 e. The Labute approximate surface area is 95.3 Å². The SMILES string of the molecule is COC(=O)c1sc(SC(C)=O)c(C)c1O. The molecule has 0 spiro atoms. The lowest BCUT2D eigenvalue weighted by Crippen LogP contribution is -1.97. The van der Waals surface area contributed by atoms with Crippen molar-refractivity contribution in [2.75, 3.05) is 7.11 Å². The van der Waals surface area contributed by atoms with Crippen molar-refractivity contribution in [1.82, 2.24) is 0 Å². The van der Waals surface area contributed by atoms with Gasteiger partial charge in [0.05, 0.1) is 11.3 Å². The van der Waals surface area contributed by atoms with E-state index in [0.717, 1.165) is 23.1 Å². The molecule has 4 nitrogen and oxygen atoms in total. The Bertz CT molecular complexity index is 408. The van der Waals surface area contributed by atoms with Gasteiger partial charge < -0.3 is 9.84 Å². The Kier molecular flexibility index (Phi) is 3.76. The largest absolute Gasteiger partial charge is 0.506 e. The Morgan fingerprint density at radius 3 is 2.53 bits per heavy atom. The number of esters is 1. The van der Waals surface area contributed by atoms with Crippen molar-refractivity contribution >= 4 is 34.2 Å². The highest BCUT2D eigenvalue weighted by Crippen LogP contribution is 2.40. The van der Waals surface area contributed by atoms with Gasteiger partial charge in [0, 0.05) is 12.5 Å². The monoisotopic (exact) mass is 246 g/mol. The molecular weight excluding hydrogens is 236 g/mol. The molecule has 0 unspecified atom stereocenters. The second-order valence-electron chi connectivity index (χ2n) is 2.78. The number of hydrogen-bond acceptors (Lipinski definition) is 6. The molecule has 1 aromatic rings. The van der Waals surface area contributed by atoms with E-state index < -0.39 is 5.97 Å². The van der Waals surface area contributed by atoms with Crippen LogP contribution in [0.4, 0.5) is 0 Å². The van der Waals surface area contributed by atoms with E-state index in [2.05, 4.69) is 4.74 Å². The summed E-state index contributed by atoms with van der Waals surface area (Å²) in [4.78, 5) is 22.3. The average molecular weight is 246 g/mol. The predicted molar refractivity (Wildman–Crippen MR) is 58.6 cm³/mol. The fourth-order valence-electron chi connectivity index (χ4n) is 0.944. The lowest BCUT2D eigenvalue weighted by molar-refractivity contribution is -0.109. The number of hydrogen-bond donors (Lipinski definition) is 1. The molecule has 15 heavy (non-hydrogen) atoms. The third kappa shape index (κ3) is 2.51. The molecule has 0 amide bonds. The number of rotatable bonds is 2. The summed E-state index contributed by atoms with van der Waals surface area (Å²) in [5, 5.41) is 9.53. The van der Waals surface area contributed by atoms with E-state index in [1.54, 1.807) is 6.92 Å². The molecule has 0 fully saturated rings. The summed E-state index contributed by atoms with van der Waals surface area (Å²) >= 11 is 2.06. The molecule has 0 aliphatic rings. The van der Waals surface area contributed by atoms with Crippen molar-refractivity contribution in [1.29, 1.82) is 0 Å². The van der Waals surface area contributed by atoms with Crippen LogP contribution in [0.5, 0.6) is 5.75 Å². The summed E-state index contributed by atoms with van der Waals surface area (Å²) in [6.45, 7) is 3.09. The lowest BCUT2D eigenvalue weighted by atomic mass is 10.3. The van der Waals surface area contributed by atoms with E-state index in [1.807, 2.05) is 0 Å². The minimum Gasteiger partial charge on any atom is -0.506 e. The van der Waals surface area contributed by atoms with Crippen LogP contribution in [0.3, 0.4) is 0 Å². The first kappa shape index (κ1) is 12.1. The van der Waals surface area contributed by atoms with E-state index >= 15 is 0 Å². The highest BCUT2D eigenvalue weighted by atomic mass is 32.2. The maximum atomic E-state index is 11.2. The van der Waals surface area contributed by atoms with E-state index in [1.165, 1.54) is 14.0 Å². The summed E-state index contributed by atoms with van der Waals surface area (Å²) in [6.07, 6.45) is 0. The summed E-state index contributed by atoms with van der Waals surface area (Å²) in [6, 6.07) is 0. The maximum absolute atomic E-state index is 11.2. The second-order valence-corrected chi connectivity index (χ2v) is 5.24. The Balaban J connectivity index is 3.12. The Morgan fingerprint density at radius 2 is 2.07 bits per heavy atom. The number of thioether (sulfide) groups is 1. The third-order valence-electron chi connectivity index (χ3n) is 1.68. The minimum atomic E-state index is -0.587. The number of carbonyl (C=O) groups is 2. The van der Waals surface area contributed by atoms with Gasteiger partial charge in [-0.05, 0) is 18.7 Å². The molecule has 1 aromatic heterocycles. The van der Waals surface area contributed by atoms with Gasteiger partial charge in [0.1, 0.15) is 5.75 Å². The lowest BCUT2D eigenvalue weighted by Gasteiger charge is -1.95. The van der Waals surface area contributed by atoms with Crippen molar-refractivity contribution in [3.63, 3.8) is 0 Å². The highest BCUT2D eigenvalue weighted by Gasteiger charge is 2.21. The number of carbonyl (C=O) groups excluding carboxylic acids is 2. The number of aromatic hydroxyl groups is 1. The third-order valence-corrected chi connectivity index (χ3v) is 4.01. The zero-order valence-electron chi connectivity index (χ0n) is 8.49. The predicted octanol–water partition coefficient (Wildman–Crippen LogP) is 2.19. The van der Waals surface area contributed by atoms with Gasteiger partial charge in [0.15, 0.2) is 9.99 Å². The van der Waals surface area contributed by atoms with Crippen molar-refractivity contribution in [3.8, 4) is 5.75 Å². The highest BCUT2D eigenvalue weighted by molar-refractivity contribution is 8.15. The zero-order valence-corrected chi connectivity index (χ0v) is 10.1. The van der Waals surface area contributed by atoms with Gasteiger partial charge in [-0.3, -0.25) is 4.79 Å². The summed E-state index contributed by atoms with van der Waals surface area (Å²) in [5.41, 5.74) is 0.542. The molecule has 0 atom stereocenters. The summed E-state index contributed by atoms with van der Waals surface area (Å²) in [5.74, 6) is -0.688. The quantitative estimate of drug-likeness (QED) is 0.640. The molecule has 0 aliphatic heterocycles. The van der Waals surface area contributed by atoms with E-state index in [0.29, 0.717) is 9.77 Å². The number of thiophene rings is 1. The maximum Gasteiger partial charge on any atom is 0.351 e. The van der Waals surface area contributed by atoms with Crippen molar-refractivity contribution in [3.05, 3.63) is 10.4 Å². The van der Waals surface area contributed by atoms with Crippen molar-refractivity contribution in [2.45, 2.75) is 18.1 Å². The number of ether oxygens (including phenoxy) is 1. The van der Waals surface area contributed by atoms with Gasteiger partial charge in [-0.2, -0.15) is 0 Å². The van der Waals surface area contributed by atoms with Gasteiger partial charge in [-0.15, -0.1) is 11.3 Å². The zero-order chi connectivity index (χ0) is 11.6. The van der Waals surface area contributed by atoms with Gasteiger partial charge >= 0.3 is 5.97 Å². The molecule has 6 heteroatoms. The van der Waals surface area contributed by atoms with Crippen LogP contribution in [0.2, 0.25) is 0 Å². The van der Waals surface area contributed by atoms with Crippen molar-refractivity contribution in [2.24, 2.45) is 0 Å². The van der Waals surface area contributed by atoms with Gasteiger partial charge in [0.2, 0.25) is 0 Å². The molecule has 0 radical (unpaired) electrons. The normalized spacial score (nSPS) is 10.1. The van der Waals surface area contributed by atoms with E-state index in [4.69, 9.17) is 0 Å². The van der Waals surface area contributed by atoms with Gasteiger partial charge in [0.25, 0.3) is 0 Å². The first-order valence-corrected chi connectivity index (χ1v) is 5.69. The first-order valence-electron chi connectivity index (χ1n) is 4.06. The molecule has 1 N–H and O–H groups in total. The average Bonchev–Trinajstić information content (AvgIpc) is 2.44. The topological polar surface area (TPSA) is 63.6 Å². The fraction of sp³-hybridized carbons (Fsp3) is 0.333. The van der Waals surface area contributed by atoms with Crippen LogP contribution in [0.25, 0.3) is 0 Å². The molecule has 1 heterocycles. The Hall–Kier alpha value is -1.01. The molecular formula is C9H10O4S2. The van der Waals surface area contributed by atoms with Gasteiger partial charge in [-0.1, -0.05) is 0 Å². The van der Waals surface area contributed by atoms with Crippen molar-refractivity contribution < 1.29 is 19.4 Å². The second kappa shape index (κ2) is 4.67. The molecule has 0 aliphatic carbocycles. The summed E-state index contributed by atoms with van der Waals surface area (Å²) in [7, 11) is 1.24. The van der Waals surface area contributed by atoms with Gasteiger partial charge in [-0.25, -0.2) is 4.79 Å². The minimum absolute atomic E-state index is 0.0873. The summed E-state index contributed by atoms with van der Waals surface area (Å²) < 4.78 is 5.13. The van der Waals surface area contributed by atoms with Crippen LogP contribution >= 0.6 is 23.1 Å². The standard InChI is InChI=1S/C9H10O4S2/c1-4-6(11)7(8(12)13-3)15-9(4)14-5(2)10/h11H,1-3H3. The van der Waals surface area contributed by atoms with Crippen LogP contribution in [0, 0.1) is 6.92 Å². The van der Waals surface area contributed by atoms with Crippen LogP contribution in [0.1, 0.15) is 22.2 Å². The molecule has 0 aromatic carbocycles. The van der Waals surface area contributed by atoms with E-state index in [9.17, 15) is 14.7 Å². The van der Waals surface area contributed by atoms with Crippen LogP contribution in [0.15, 0.2) is 4.21 Å².